The molecule has 0 aromatic carbocycles. The van der Waals surface area contributed by atoms with Crippen LogP contribution in [0.25, 0.3) is 22.3 Å². The van der Waals surface area contributed by atoms with Crippen LogP contribution in [0.1, 0.15) is 11.1 Å². The fourth-order valence-corrected chi connectivity index (χ4v) is 1.94. The Morgan fingerprint density at radius 2 is 2.05 bits per heavy atom. The van der Waals surface area contributed by atoms with Crippen molar-refractivity contribution in [1.29, 1.82) is 5.26 Å². The SMILES string of the molecule is N#Cc1cn[nH]c1-c1c[nH]c2ncc(C(F)(F)F)cc12. The van der Waals surface area contributed by atoms with E-state index in [-0.39, 0.29) is 10.9 Å². The van der Waals surface area contributed by atoms with Crippen molar-refractivity contribution in [1.82, 2.24) is 20.2 Å². The molecule has 0 fully saturated rings. The van der Waals surface area contributed by atoms with Crippen LogP contribution >= 0.6 is 0 Å². The standard InChI is InChI=1S/C12H6F3N5/c13-12(14,15)7-1-8-9(5-18-11(8)17-4-7)10-6(2-16)3-19-20-10/h1,3-5H,(H,17,18)(H,19,20). The van der Waals surface area contributed by atoms with Crippen LogP contribution in [-0.4, -0.2) is 20.2 Å². The average Bonchev–Trinajstić information content (AvgIpc) is 3.02. The lowest BCUT2D eigenvalue weighted by Crippen LogP contribution is -2.05. The molecule has 0 radical (unpaired) electrons. The van der Waals surface area contributed by atoms with Crippen molar-refractivity contribution in [3.63, 3.8) is 0 Å². The summed E-state index contributed by atoms with van der Waals surface area (Å²) in [7, 11) is 0. The number of nitrogens with one attached hydrogen (secondary N) is 2. The maximum atomic E-state index is 12.7. The van der Waals surface area contributed by atoms with E-state index in [0.717, 1.165) is 12.3 Å². The third-order valence-electron chi connectivity index (χ3n) is 2.89. The van der Waals surface area contributed by atoms with Crippen LogP contribution in [0, 0.1) is 11.3 Å². The Hall–Kier alpha value is -2.82. The molecule has 0 amide bonds. The Labute approximate surface area is 110 Å². The molecule has 3 aromatic heterocycles. The van der Waals surface area contributed by atoms with Gasteiger partial charge in [0.25, 0.3) is 0 Å². The zero-order valence-corrected chi connectivity index (χ0v) is 9.78. The summed E-state index contributed by atoms with van der Waals surface area (Å²) < 4.78 is 38.2. The van der Waals surface area contributed by atoms with Crippen molar-refractivity contribution in [2.24, 2.45) is 0 Å². The largest absolute Gasteiger partial charge is 0.417 e. The minimum atomic E-state index is -4.47. The number of halogens is 3. The molecule has 0 saturated carbocycles. The van der Waals surface area contributed by atoms with Crippen LogP contribution in [0.4, 0.5) is 13.2 Å². The second-order valence-electron chi connectivity index (χ2n) is 4.09. The van der Waals surface area contributed by atoms with E-state index in [1.807, 2.05) is 6.07 Å². The second kappa shape index (κ2) is 4.09. The Morgan fingerprint density at radius 1 is 1.25 bits per heavy atom. The van der Waals surface area contributed by atoms with Crippen LogP contribution < -0.4 is 0 Å². The highest BCUT2D eigenvalue weighted by Crippen LogP contribution is 2.34. The molecule has 0 aliphatic rings. The van der Waals surface area contributed by atoms with Gasteiger partial charge < -0.3 is 4.98 Å². The van der Waals surface area contributed by atoms with E-state index in [0.29, 0.717) is 16.9 Å². The van der Waals surface area contributed by atoms with Gasteiger partial charge in [-0.2, -0.15) is 23.5 Å². The molecule has 0 aliphatic heterocycles. The maximum Gasteiger partial charge on any atom is 0.417 e. The Morgan fingerprint density at radius 3 is 2.75 bits per heavy atom. The molecule has 20 heavy (non-hydrogen) atoms. The lowest BCUT2D eigenvalue weighted by molar-refractivity contribution is -0.137. The number of alkyl halides is 3. The topological polar surface area (TPSA) is 81.1 Å². The number of nitrogens with zero attached hydrogens (tertiary/aromatic N) is 3. The molecule has 0 unspecified atom stereocenters. The fraction of sp³-hybridized carbons (Fsp3) is 0.0833. The second-order valence-corrected chi connectivity index (χ2v) is 4.09. The van der Waals surface area contributed by atoms with Gasteiger partial charge in [-0.3, -0.25) is 5.10 Å². The summed E-state index contributed by atoms with van der Waals surface area (Å²) in [6.45, 7) is 0. The summed E-state index contributed by atoms with van der Waals surface area (Å²) >= 11 is 0. The average molecular weight is 277 g/mol. The van der Waals surface area contributed by atoms with Crippen molar-refractivity contribution in [2.75, 3.05) is 0 Å². The van der Waals surface area contributed by atoms with Crippen molar-refractivity contribution in [2.45, 2.75) is 6.18 Å². The summed E-state index contributed by atoms with van der Waals surface area (Å²) in [5.74, 6) is 0. The first-order chi connectivity index (χ1) is 9.50. The Balaban J connectivity index is 2.25. The quantitative estimate of drug-likeness (QED) is 0.717. The van der Waals surface area contributed by atoms with Gasteiger partial charge in [-0.15, -0.1) is 0 Å². The zero-order chi connectivity index (χ0) is 14.3. The van der Waals surface area contributed by atoms with Gasteiger partial charge in [0.1, 0.15) is 11.7 Å². The predicted octanol–water partition coefficient (Wildman–Crippen LogP) is 2.84. The first kappa shape index (κ1) is 12.2. The molecule has 3 heterocycles. The van der Waals surface area contributed by atoms with Crippen LogP contribution in [0.15, 0.2) is 24.7 Å². The van der Waals surface area contributed by atoms with Crippen LogP contribution in [0.3, 0.4) is 0 Å². The first-order valence-corrected chi connectivity index (χ1v) is 5.49. The number of aromatic nitrogens is 4. The third kappa shape index (κ3) is 1.80. The minimum absolute atomic E-state index is 0.253. The number of fused-ring (bicyclic) bond motifs is 1. The molecule has 0 bridgehead atoms. The summed E-state index contributed by atoms with van der Waals surface area (Å²) in [4.78, 5) is 6.51. The van der Waals surface area contributed by atoms with Gasteiger partial charge in [0.05, 0.1) is 23.0 Å². The summed E-state index contributed by atoms with van der Waals surface area (Å²) in [5.41, 5.74) is 0.506. The summed E-state index contributed by atoms with van der Waals surface area (Å²) in [6, 6.07) is 2.92. The normalized spacial score (nSPS) is 11.7. The van der Waals surface area contributed by atoms with Crippen LogP contribution in [0.5, 0.6) is 0 Å². The van der Waals surface area contributed by atoms with Gasteiger partial charge in [-0.05, 0) is 6.07 Å². The zero-order valence-electron chi connectivity index (χ0n) is 9.78. The van der Waals surface area contributed by atoms with Gasteiger partial charge in [-0.25, -0.2) is 4.98 Å². The van der Waals surface area contributed by atoms with E-state index in [1.54, 1.807) is 0 Å². The van der Waals surface area contributed by atoms with Crippen molar-refractivity contribution in [3.05, 3.63) is 35.8 Å². The smallest absolute Gasteiger partial charge is 0.345 e. The minimum Gasteiger partial charge on any atom is -0.345 e. The third-order valence-corrected chi connectivity index (χ3v) is 2.89. The van der Waals surface area contributed by atoms with Gasteiger partial charge in [0.2, 0.25) is 0 Å². The van der Waals surface area contributed by atoms with Crippen molar-refractivity contribution < 1.29 is 13.2 Å². The molecule has 0 atom stereocenters. The molecule has 5 nitrogen and oxygen atoms in total. The molecular weight excluding hydrogens is 271 g/mol. The molecule has 0 spiro atoms. The highest BCUT2D eigenvalue weighted by molar-refractivity contribution is 5.94. The van der Waals surface area contributed by atoms with E-state index < -0.39 is 11.7 Å². The van der Waals surface area contributed by atoms with E-state index in [2.05, 4.69) is 20.2 Å². The molecule has 0 saturated heterocycles. The van der Waals surface area contributed by atoms with Crippen LogP contribution in [0.2, 0.25) is 0 Å². The predicted molar refractivity (Wildman–Crippen MR) is 63.4 cm³/mol. The number of H-pyrrole nitrogens is 2. The van der Waals surface area contributed by atoms with E-state index >= 15 is 0 Å². The lowest BCUT2D eigenvalue weighted by Gasteiger charge is -2.06. The van der Waals surface area contributed by atoms with E-state index in [9.17, 15) is 13.2 Å². The molecule has 3 rings (SSSR count). The molecular formula is C12H6F3N5. The number of aromatic amines is 2. The number of rotatable bonds is 1. The molecule has 2 N–H and O–H groups in total. The molecule has 100 valence electrons. The molecule has 0 aliphatic carbocycles. The maximum absolute atomic E-state index is 12.7. The number of nitriles is 1. The fourth-order valence-electron chi connectivity index (χ4n) is 1.94. The Kier molecular flexibility index (Phi) is 2.50. The van der Waals surface area contributed by atoms with Gasteiger partial charge in [0.15, 0.2) is 0 Å². The first-order valence-electron chi connectivity index (χ1n) is 5.49. The van der Waals surface area contributed by atoms with E-state index in [1.165, 1.54) is 12.4 Å². The highest BCUT2D eigenvalue weighted by atomic mass is 19.4. The molecule has 3 aromatic rings. The van der Waals surface area contributed by atoms with Gasteiger partial charge in [-0.1, -0.05) is 0 Å². The highest BCUT2D eigenvalue weighted by Gasteiger charge is 2.31. The van der Waals surface area contributed by atoms with Crippen molar-refractivity contribution in [3.8, 4) is 17.3 Å². The van der Waals surface area contributed by atoms with Gasteiger partial charge in [0, 0.05) is 23.3 Å². The van der Waals surface area contributed by atoms with Crippen molar-refractivity contribution >= 4 is 11.0 Å². The number of hydrogen-bond donors (Lipinski definition) is 2. The molecule has 8 heteroatoms. The lowest BCUT2D eigenvalue weighted by atomic mass is 10.1. The number of pyridine rings is 1. The monoisotopic (exact) mass is 277 g/mol. The summed E-state index contributed by atoms with van der Waals surface area (Å²) in [6.07, 6.45) is -0.899. The number of hydrogen-bond acceptors (Lipinski definition) is 3. The van der Waals surface area contributed by atoms with E-state index in [4.69, 9.17) is 5.26 Å². The van der Waals surface area contributed by atoms with Crippen LogP contribution in [-0.2, 0) is 6.18 Å². The summed E-state index contributed by atoms with van der Waals surface area (Å²) in [5, 5.41) is 15.6. The van der Waals surface area contributed by atoms with Gasteiger partial charge >= 0.3 is 6.18 Å². The Bertz CT molecular complexity index is 822.